The van der Waals surface area contributed by atoms with E-state index >= 15 is 0 Å². The first-order valence-corrected chi connectivity index (χ1v) is 7.98. The first-order chi connectivity index (χ1) is 8.26. The van der Waals surface area contributed by atoms with Gasteiger partial charge in [0, 0.05) is 13.1 Å². The number of nitrogens with zero attached hydrogens (tertiary/aromatic N) is 1. The third-order valence-electron chi connectivity index (χ3n) is 3.08. The summed E-state index contributed by atoms with van der Waals surface area (Å²) in [5.74, 6) is 2.58. The Labute approximate surface area is 110 Å². The van der Waals surface area contributed by atoms with Crippen LogP contribution >= 0.6 is 11.8 Å². The van der Waals surface area contributed by atoms with Crippen molar-refractivity contribution in [2.24, 2.45) is 5.92 Å². The molecule has 1 heterocycles. The van der Waals surface area contributed by atoms with Gasteiger partial charge >= 0.3 is 0 Å². The van der Waals surface area contributed by atoms with E-state index < -0.39 is 0 Å². The van der Waals surface area contributed by atoms with Crippen molar-refractivity contribution in [3.05, 3.63) is 0 Å². The number of amides is 1. The second-order valence-electron chi connectivity index (χ2n) is 4.81. The van der Waals surface area contributed by atoms with E-state index in [2.05, 4.69) is 24.1 Å². The Bertz CT molecular complexity index is 223. The van der Waals surface area contributed by atoms with Crippen LogP contribution in [0.5, 0.6) is 0 Å². The highest BCUT2D eigenvalue weighted by atomic mass is 32.2. The van der Waals surface area contributed by atoms with Crippen molar-refractivity contribution in [2.75, 3.05) is 37.7 Å². The number of hydrogen-bond donors (Lipinski definition) is 1. The van der Waals surface area contributed by atoms with Gasteiger partial charge in [0.05, 0.1) is 5.75 Å². The maximum atomic E-state index is 11.5. The second kappa shape index (κ2) is 8.81. The zero-order valence-corrected chi connectivity index (χ0v) is 12.0. The lowest BCUT2D eigenvalue weighted by Gasteiger charge is -2.15. The highest BCUT2D eigenvalue weighted by Crippen LogP contribution is 2.15. The quantitative estimate of drug-likeness (QED) is 0.676. The third-order valence-corrected chi connectivity index (χ3v) is 4.24. The van der Waals surface area contributed by atoms with Crippen LogP contribution in [0.1, 0.15) is 33.1 Å². The minimum atomic E-state index is 0.206. The van der Waals surface area contributed by atoms with Gasteiger partial charge < -0.3 is 10.2 Å². The summed E-state index contributed by atoms with van der Waals surface area (Å²) in [5.41, 5.74) is 0. The van der Waals surface area contributed by atoms with Crippen molar-refractivity contribution in [2.45, 2.75) is 33.1 Å². The van der Waals surface area contributed by atoms with E-state index in [1.807, 2.05) is 0 Å². The monoisotopic (exact) mass is 258 g/mol. The number of likely N-dealkylation sites (tertiary alicyclic amines) is 1. The van der Waals surface area contributed by atoms with Crippen LogP contribution in [0.25, 0.3) is 0 Å². The second-order valence-corrected chi connectivity index (χ2v) is 5.92. The van der Waals surface area contributed by atoms with Crippen LogP contribution in [-0.2, 0) is 4.79 Å². The Balaban J connectivity index is 2.04. The first-order valence-electron chi connectivity index (χ1n) is 6.83. The lowest BCUT2D eigenvalue weighted by atomic mass is 10.1. The summed E-state index contributed by atoms with van der Waals surface area (Å²) in [6.45, 7) is 8.81. The molecule has 1 aliphatic rings. The summed E-state index contributed by atoms with van der Waals surface area (Å²) in [4.78, 5) is 14.0. The van der Waals surface area contributed by atoms with Crippen LogP contribution in [0.3, 0.4) is 0 Å². The molecule has 100 valence electrons. The van der Waals surface area contributed by atoms with E-state index in [9.17, 15) is 4.79 Å². The molecule has 3 nitrogen and oxygen atoms in total. The predicted octanol–water partition coefficient (Wildman–Crippen LogP) is 1.98. The van der Waals surface area contributed by atoms with E-state index in [-0.39, 0.29) is 5.91 Å². The molecule has 0 aromatic carbocycles. The average Bonchev–Trinajstić information content (AvgIpc) is 2.75. The smallest absolute Gasteiger partial charge is 0.230 e. The fraction of sp³-hybridized carbons (Fsp3) is 0.923. The van der Waals surface area contributed by atoms with Gasteiger partial charge in [-0.1, -0.05) is 13.8 Å². The summed E-state index contributed by atoms with van der Waals surface area (Å²) in [5, 5.41) is 3.06. The molecule has 0 saturated carbocycles. The Kier molecular flexibility index (Phi) is 7.69. The fourth-order valence-electron chi connectivity index (χ4n) is 2.22. The van der Waals surface area contributed by atoms with Crippen LogP contribution < -0.4 is 5.32 Å². The molecule has 1 rings (SSSR count). The zero-order chi connectivity index (χ0) is 12.5. The third kappa shape index (κ3) is 6.32. The lowest BCUT2D eigenvalue weighted by Crippen LogP contribution is -2.32. The molecule has 1 saturated heterocycles. The van der Waals surface area contributed by atoms with E-state index in [1.165, 1.54) is 25.9 Å². The van der Waals surface area contributed by atoms with Crippen molar-refractivity contribution >= 4 is 17.7 Å². The van der Waals surface area contributed by atoms with Crippen molar-refractivity contribution in [1.82, 2.24) is 10.2 Å². The largest absolute Gasteiger partial charge is 0.355 e. The number of carbonyl (C=O) groups is 1. The molecule has 0 spiro atoms. The van der Waals surface area contributed by atoms with E-state index in [1.54, 1.807) is 11.8 Å². The molecule has 17 heavy (non-hydrogen) atoms. The van der Waals surface area contributed by atoms with E-state index in [0.29, 0.717) is 11.7 Å². The normalized spacial score (nSPS) is 20.7. The number of rotatable bonds is 8. The molecule has 0 aliphatic carbocycles. The van der Waals surface area contributed by atoms with Crippen LogP contribution in [-0.4, -0.2) is 48.5 Å². The molecule has 1 fully saturated rings. The van der Waals surface area contributed by atoms with Crippen molar-refractivity contribution in [3.8, 4) is 0 Å². The van der Waals surface area contributed by atoms with Crippen LogP contribution in [0.15, 0.2) is 0 Å². The molecule has 1 amide bonds. The van der Waals surface area contributed by atoms with Crippen LogP contribution in [0.4, 0.5) is 0 Å². The summed E-state index contributed by atoms with van der Waals surface area (Å²) in [6.07, 6.45) is 3.61. The Morgan fingerprint density at radius 2 is 2.24 bits per heavy atom. The topological polar surface area (TPSA) is 32.3 Å². The molecule has 1 aliphatic heterocycles. The Morgan fingerprint density at radius 3 is 2.94 bits per heavy atom. The van der Waals surface area contributed by atoms with Gasteiger partial charge in [0.1, 0.15) is 0 Å². The van der Waals surface area contributed by atoms with Gasteiger partial charge in [0.25, 0.3) is 0 Å². The number of thioether (sulfide) groups is 1. The molecular weight excluding hydrogens is 232 g/mol. The van der Waals surface area contributed by atoms with Gasteiger partial charge in [0.2, 0.25) is 5.91 Å². The lowest BCUT2D eigenvalue weighted by molar-refractivity contribution is -0.118. The van der Waals surface area contributed by atoms with Crippen molar-refractivity contribution in [3.63, 3.8) is 0 Å². The maximum Gasteiger partial charge on any atom is 0.230 e. The Hall–Kier alpha value is -0.220. The number of carbonyl (C=O) groups excluding carboxylic acids is 1. The molecule has 4 heteroatoms. The average molecular weight is 258 g/mol. The van der Waals surface area contributed by atoms with Crippen LogP contribution in [0.2, 0.25) is 0 Å². The highest BCUT2D eigenvalue weighted by Gasteiger charge is 2.21. The zero-order valence-electron chi connectivity index (χ0n) is 11.2. The first kappa shape index (κ1) is 14.8. The van der Waals surface area contributed by atoms with Gasteiger partial charge in [-0.05, 0) is 44.0 Å². The van der Waals surface area contributed by atoms with Gasteiger partial charge in [-0.15, -0.1) is 0 Å². The minimum Gasteiger partial charge on any atom is -0.355 e. The molecule has 1 N–H and O–H groups in total. The standard InChI is InChI=1S/C13H26N2OS/c1-3-6-15-7-5-12(10-15)9-14-13(16)11-17-8-4-2/h12H,3-11H2,1-2H3,(H,14,16)/t12-/m0/s1. The van der Waals surface area contributed by atoms with E-state index in [4.69, 9.17) is 0 Å². The maximum absolute atomic E-state index is 11.5. The molecule has 0 unspecified atom stereocenters. The summed E-state index contributed by atoms with van der Waals surface area (Å²) in [6, 6.07) is 0. The summed E-state index contributed by atoms with van der Waals surface area (Å²) in [7, 11) is 0. The fourth-order valence-corrected chi connectivity index (χ4v) is 2.94. The van der Waals surface area contributed by atoms with Gasteiger partial charge in [-0.3, -0.25) is 4.79 Å². The minimum absolute atomic E-state index is 0.206. The van der Waals surface area contributed by atoms with E-state index in [0.717, 1.165) is 25.3 Å². The molecule has 1 atom stereocenters. The van der Waals surface area contributed by atoms with Gasteiger partial charge in [-0.2, -0.15) is 11.8 Å². The van der Waals surface area contributed by atoms with Crippen molar-refractivity contribution in [1.29, 1.82) is 0 Å². The van der Waals surface area contributed by atoms with Gasteiger partial charge in [0.15, 0.2) is 0 Å². The van der Waals surface area contributed by atoms with Crippen molar-refractivity contribution < 1.29 is 4.79 Å². The molecule has 0 bridgehead atoms. The molecular formula is C13H26N2OS. The summed E-state index contributed by atoms with van der Waals surface area (Å²) < 4.78 is 0. The van der Waals surface area contributed by atoms with Crippen LogP contribution in [0, 0.1) is 5.92 Å². The number of hydrogen-bond acceptors (Lipinski definition) is 3. The number of nitrogens with one attached hydrogen (secondary N) is 1. The summed E-state index contributed by atoms with van der Waals surface area (Å²) >= 11 is 1.73. The SMILES string of the molecule is CCCSCC(=O)NC[C@@H]1CCN(CCC)C1. The van der Waals surface area contributed by atoms with Gasteiger partial charge in [-0.25, -0.2) is 0 Å². The molecule has 0 radical (unpaired) electrons. The predicted molar refractivity (Wildman–Crippen MR) is 75.5 cm³/mol. The highest BCUT2D eigenvalue weighted by molar-refractivity contribution is 7.99. The molecule has 0 aromatic heterocycles. The molecule has 0 aromatic rings. The Morgan fingerprint density at radius 1 is 1.41 bits per heavy atom.